The third-order valence-corrected chi connectivity index (χ3v) is 5.81. The molecule has 1 N–H and O–H groups in total. The number of hydrogen-bond acceptors (Lipinski definition) is 2. The quantitative estimate of drug-likeness (QED) is 0.806. The first-order valence-corrected chi connectivity index (χ1v) is 7.16. The molecule has 3 saturated carbocycles. The predicted molar refractivity (Wildman–Crippen MR) is 63.7 cm³/mol. The maximum Gasteiger partial charge on any atom is 0.326 e. The Morgan fingerprint density at radius 3 is 2.61 bits per heavy atom. The Bertz CT molecular complexity index is 429. The molecule has 18 heavy (non-hydrogen) atoms. The average molecular weight is 249 g/mol. The minimum atomic E-state index is -0.789. The van der Waals surface area contributed by atoms with Crippen LogP contribution in [0, 0.1) is 23.2 Å². The summed E-state index contributed by atoms with van der Waals surface area (Å²) in [6.07, 6.45) is 6.61. The molecule has 1 spiro atoms. The molecular weight excluding hydrogens is 230 g/mol. The highest BCUT2D eigenvalue weighted by atomic mass is 16.4. The molecule has 4 rings (SSSR count). The van der Waals surface area contributed by atoms with E-state index in [4.69, 9.17) is 0 Å². The highest BCUT2D eigenvalue weighted by molar-refractivity contribution is 5.88. The van der Waals surface area contributed by atoms with E-state index in [2.05, 4.69) is 0 Å². The molecule has 4 unspecified atom stereocenters. The zero-order chi connectivity index (χ0) is 12.5. The molecular formula is C14H19NO3. The van der Waals surface area contributed by atoms with E-state index in [-0.39, 0.29) is 17.7 Å². The second-order valence-electron chi connectivity index (χ2n) is 6.75. The van der Waals surface area contributed by atoms with Gasteiger partial charge in [0.05, 0.1) is 0 Å². The minimum absolute atomic E-state index is 0.148. The van der Waals surface area contributed by atoms with Crippen molar-refractivity contribution in [2.24, 2.45) is 23.2 Å². The highest BCUT2D eigenvalue weighted by Crippen LogP contribution is 2.71. The van der Waals surface area contributed by atoms with Gasteiger partial charge < -0.3 is 10.0 Å². The number of fused-ring (bicyclic) bond motifs is 1. The van der Waals surface area contributed by atoms with Crippen molar-refractivity contribution in [1.29, 1.82) is 0 Å². The number of hydrogen-bond donors (Lipinski definition) is 1. The van der Waals surface area contributed by atoms with E-state index in [0.717, 1.165) is 25.7 Å². The topological polar surface area (TPSA) is 57.6 Å². The van der Waals surface area contributed by atoms with Gasteiger partial charge in [0.1, 0.15) is 6.04 Å². The number of carboxylic acid groups (broad SMARTS) is 1. The Morgan fingerprint density at radius 2 is 2.00 bits per heavy atom. The van der Waals surface area contributed by atoms with E-state index < -0.39 is 12.0 Å². The minimum Gasteiger partial charge on any atom is -0.480 e. The number of nitrogens with zero attached hydrogens (tertiary/aromatic N) is 1. The highest BCUT2D eigenvalue weighted by Gasteiger charge is 2.67. The van der Waals surface area contributed by atoms with Crippen molar-refractivity contribution in [2.45, 2.75) is 44.6 Å². The second kappa shape index (κ2) is 3.28. The molecule has 3 aliphatic carbocycles. The molecule has 4 atom stereocenters. The van der Waals surface area contributed by atoms with Crippen LogP contribution in [0.15, 0.2) is 0 Å². The van der Waals surface area contributed by atoms with Crippen molar-refractivity contribution < 1.29 is 14.7 Å². The first-order chi connectivity index (χ1) is 8.62. The molecule has 0 aromatic heterocycles. The zero-order valence-corrected chi connectivity index (χ0v) is 10.5. The van der Waals surface area contributed by atoms with Gasteiger partial charge in [-0.3, -0.25) is 4.79 Å². The lowest BCUT2D eigenvalue weighted by molar-refractivity contribution is -0.150. The lowest BCUT2D eigenvalue weighted by Gasteiger charge is -2.24. The summed E-state index contributed by atoms with van der Waals surface area (Å²) in [6, 6.07) is -0.526. The standard InChI is InChI=1S/C14H19NO3/c16-12(10-6-14(10)4-5-14)15-7-8-2-1-3-9(8)11(15)13(17)18/h8-11H,1-7H2,(H,17,18). The van der Waals surface area contributed by atoms with Gasteiger partial charge in [0.25, 0.3) is 0 Å². The average Bonchev–Trinajstić information content (AvgIpc) is 3.14. The second-order valence-corrected chi connectivity index (χ2v) is 6.75. The first kappa shape index (κ1) is 10.8. The lowest BCUT2D eigenvalue weighted by Crippen LogP contribution is -2.44. The number of likely N-dealkylation sites (tertiary alicyclic amines) is 1. The maximum atomic E-state index is 12.5. The van der Waals surface area contributed by atoms with Gasteiger partial charge in [-0.1, -0.05) is 6.42 Å². The Morgan fingerprint density at radius 1 is 1.22 bits per heavy atom. The lowest BCUT2D eigenvalue weighted by atomic mass is 9.94. The number of aliphatic carboxylic acids is 1. The van der Waals surface area contributed by atoms with Crippen LogP contribution in [0.1, 0.15) is 38.5 Å². The van der Waals surface area contributed by atoms with Crippen molar-refractivity contribution in [1.82, 2.24) is 4.90 Å². The molecule has 1 heterocycles. The van der Waals surface area contributed by atoms with Crippen molar-refractivity contribution in [2.75, 3.05) is 6.54 Å². The van der Waals surface area contributed by atoms with Crippen molar-refractivity contribution in [3.8, 4) is 0 Å². The zero-order valence-electron chi connectivity index (χ0n) is 10.5. The van der Waals surface area contributed by atoms with E-state index in [9.17, 15) is 14.7 Å². The van der Waals surface area contributed by atoms with Crippen molar-refractivity contribution in [3.05, 3.63) is 0 Å². The van der Waals surface area contributed by atoms with Crippen LogP contribution in [0.25, 0.3) is 0 Å². The largest absolute Gasteiger partial charge is 0.480 e. The van der Waals surface area contributed by atoms with Crippen LogP contribution in [-0.4, -0.2) is 34.5 Å². The van der Waals surface area contributed by atoms with Gasteiger partial charge in [-0.05, 0) is 49.4 Å². The number of carbonyl (C=O) groups excluding carboxylic acids is 1. The molecule has 0 aromatic carbocycles. The van der Waals surface area contributed by atoms with Crippen LogP contribution in [-0.2, 0) is 9.59 Å². The van der Waals surface area contributed by atoms with E-state index in [1.54, 1.807) is 4.90 Å². The fourth-order valence-corrected chi connectivity index (χ4v) is 4.46. The van der Waals surface area contributed by atoms with E-state index in [0.29, 0.717) is 17.9 Å². The third kappa shape index (κ3) is 1.32. The molecule has 1 amide bonds. The Balaban J connectivity index is 1.56. The predicted octanol–water partition coefficient (Wildman–Crippen LogP) is 1.50. The molecule has 4 heteroatoms. The van der Waals surface area contributed by atoms with Crippen LogP contribution in [0.3, 0.4) is 0 Å². The van der Waals surface area contributed by atoms with E-state index >= 15 is 0 Å². The molecule has 4 nitrogen and oxygen atoms in total. The summed E-state index contributed by atoms with van der Waals surface area (Å²) in [4.78, 5) is 25.7. The van der Waals surface area contributed by atoms with Gasteiger partial charge in [0.2, 0.25) is 5.91 Å². The van der Waals surface area contributed by atoms with Crippen LogP contribution in [0.2, 0.25) is 0 Å². The summed E-state index contributed by atoms with van der Waals surface area (Å²) >= 11 is 0. The molecule has 1 aliphatic heterocycles. The van der Waals surface area contributed by atoms with Crippen molar-refractivity contribution >= 4 is 11.9 Å². The van der Waals surface area contributed by atoms with Gasteiger partial charge in [0.15, 0.2) is 0 Å². The first-order valence-electron chi connectivity index (χ1n) is 7.16. The molecule has 4 fully saturated rings. The normalized spacial score (nSPS) is 43.0. The van der Waals surface area contributed by atoms with Crippen LogP contribution >= 0.6 is 0 Å². The van der Waals surface area contributed by atoms with Crippen LogP contribution in [0.4, 0.5) is 0 Å². The molecule has 1 saturated heterocycles. The summed E-state index contributed by atoms with van der Waals surface area (Å²) < 4.78 is 0. The van der Waals surface area contributed by atoms with Crippen molar-refractivity contribution in [3.63, 3.8) is 0 Å². The monoisotopic (exact) mass is 249 g/mol. The molecule has 98 valence electrons. The molecule has 0 bridgehead atoms. The van der Waals surface area contributed by atoms with Gasteiger partial charge in [0, 0.05) is 12.5 Å². The van der Waals surface area contributed by atoms with E-state index in [1.165, 1.54) is 12.8 Å². The smallest absolute Gasteiger partial charge is 0.326 e. The third-order valence-electron chi connectivity index (χ3n) is 5.81. The number of carbonyl (C=O) groups is 2. The summed E-state index contributed by atoms with van der Waals surface area (Å²) in [5.41, 5.74) is 0.331. The summed E-state index contributed by atoms with van der Waals surface area (Å²) in [7, 11) is 0. The molecule has 0 aromatic rings. The summed E-state index contributed by atoms with van der Waals surface area (Å²) in [5.74, 6) is 0.194. The fraction of sp³-hybridized carbons (Fsp3) is 0.857. The number of amides is 1. The SMILES string of the molecule is O=C(O)C1C2CCCC2CN1C(=O)C1CC12CC2. The fourth-order valence-electron chi connectivity index (χ4n) is 4.46. The maximum absolute atomic E-state index is 12.5. The number of rotatable bonds is 2. The van der Waals surface area contributed by atoms with Gasteiger partial charge in [-0.2, -0.15) is 0 Å². The van der Waals surface area contributed by atoms with Crippen LogP contribution in [0.5, 0.6) is 0 Å². The Hall–Kier alpha value is -1.06. The summed E-state index contributed by atoms with van der Waals surface area (Å²) in [6.45, 7) is 0.701. The Kier molecular flexibility index (Phi) is 1.97. The number of carboxylic acids is 1. The Labute approximate surface area is 106 Å². The summed E-state index contributed by atoms with van der Waals surface area (Å²) in [5, 5.41) is 9.43. The van der Waals surface area contributed by atoms with Gasteiger partial charge in [-0.25, -0.2) is 4.79 Å². The van der Waals surface area contributed by atoms with Gasteiger partial charge >= 0.3 is 5.97 Å². The molecule has 0 radical (unpaired) electrons. The van der Waals surface area contributed by atoms with E-state index in [1.807, 2.05) is 0 Å². The van der Waals surface area contributed by atoms with Gasteiger partial charge in [-0.15, -0.1) is 0 Å². The van der Waals surface area contributed by atoms with Crippen LogP contribution < -0.4 is 0 Å². The molecule has 4 aliphatic rings.